The molecule has 2 fully saturated rings. The van der Waals surface area contributed by atoms with Crippen LogP contribution < -0.4 is 0 Å². The number of fused-ring (bicyclic) bond motifs is 1. The van der Waals surface area contributed by atoms with Crippen LogP contribution in [-0.2, 0) is 0 Å². The fourth-order valence-electron chi connectivity index (χ4n) is 3.87. The molecule has 2 aliphatic rings. The van der Waals surface area contributed by atoms with Crippen LogP contribution >= 0.6 is 0 Å². The first-order chi connectivity index (χ1) is 12.2. The number of H-pyrrole nitrogens is 1. The number of aromatic nitrogens is 2. The van der Waals surface area contributed by atoms with Gasteiger partial charge in [0.1, 0.15) is 17.3 Å². The van der Waals surface area contributed by atoms with E-state index in [-0.39, 0.29) is 11.9 Å². The molecule has 1 saturated carbocycles. The number of aromatic amines is 1. The Morgan fingerprint density at radius 1 is 1.28 bits per heavy atom. The minimum Gasteiger partial charge on any atom is -0.465 e. The Kier molecular flexibility index (Phi) is 3.23. The lowest BCUT2D eigenvalue weighted by atomic mass is 10.1. The summed E-state index contributed by atoms with van der Waals surface area (Å²) in [7, 11) is 0. The monoisotopic (exact) mass is 335 g/mol. The summed E-state index contributed by atoms with van der Waals surface area (Å²) >= 11 is 0. The molecule has 1 aliphatic heterocycles. The first-order valence-corrected chi connectivity index (χ1v) is 9.06. The van der Waals surface area contributed by atoms with Gasteiger partial charge in [-0.1, -0.05) is 12.1 Å². The van der Waals surface area contributed by atoms with Crippen molar-refractivity contribution >= 4 is 16.9 Å². The minimum atomic E-state index is 0.0126. The lowest BCUT2D eigenvalue weighted by molar-refractivity contribution is 0.0729. The fourth-order valence-corrected chi connectivity index (χ4v) is 3.87. The van der Waals surface area contributed by atoms with Gasteiger partial charge in [-0.25, -0.2) is 4.98 Å². The summed E-state index contributed by atoms with van der Waals surface area (Å²) in [5.74, 6) is 3.18. The molecule has 1 N–H and O–H groups in total. The average molecular weight is 335 g/mol. The Labute approximate surface area is 146 Å². The van der Waals surface area contributed by atoms with Gasteiger partial charge in [-0.15, -0.1) is 0 Å². The molecule has 25 heavy (non-hydrogen) atoms. The number of imidazole rings is 1. The first kappa shape index (κ1) is 14.8. The zero-order valence-electron chi connectivity index (χ0n) is 14.3. The summed E-state index contributed by atoms with van der Waals surface area (Å²) in [6.45, 7) is 2.66. The van der Waals surface area contributed by atoms with Gasteiger partial charge in [-0.3, -0.25) is 4.79 Å². The number of benzene rings is 1. The molecule has 5 nitrogen and oxygen atoms in total. The van der Waals surface area contributed by atoms with Gasteiger partial charge in [-0.2, -0.15) is 0 Å². The van der Waals surface area contributed by atoms with Crippen LogP contribution in [0.5, 0.6) is 0 Å². The van der Waals surface area contributed by atoms with Crippen molar-refractivity contribution in [1.29, 1.82) is 0 Å². The number of nitrogens with one attached hydrogen (secondary N) is 1. The number of likely N-dealkylation sites (tertiary alicyclic amines) is 1. The smallest absolute Gasteiger partial charge is 0.258 e. The number of furan rings is 1. The molecule has 0 radical (unpaired) electrons. The van der Waals surface area contributed by atoms with Crippen molar-refractivity contribution in [1.82, 2.24) is 14.9 Å². The van der Waals surface area contributed by atoms with E-state index in [4.69, 9.17) is 9.40 Å². The molecule has 1 saturated heterocycles. The Hall–Kier alpha value is -2.56. The quantitative estimate of drug-likeness (QED) is 0.775. The molecule has 5 rings (SSSR count). The molecular weight excluding hydrogens is 314 g/mol. The van der Waals surface area contributed by atoms with Gasteiger partial charge >= 0.3 is 0 Å². The molecule has 1 aliphatic carbocycles. The van der Waals surface area contributed by atoms with Crippen LogP contribution in [-0.4, -0.2) is 27.3 Å². The van der Waals surface area contributed by atoms with Crippen molar-refractivity contribution in [2.75, 3.05) is 6.54 Å². The van der Waals surface area contributed by atoms with E-state index >= 15 is 0 Å². The Bertz CT molecular complexity index is 918. The summed E-state index contributed by atoms with van der Waals surface area (Å²) in [5.41, 5.74) is 2.68. The number of hydrogen-bond acceptors (Lipinski definition) is 3. The third-order valence-corrected chi connectivity index (χ3v) is 5.38. The van der Waals surface area contributed by atoms with Crippen LogP contribution in [0.4, 0.5) is 0 Å². The van der Waals surface area contributed by atoms with Crippen LogP contribution in [0.15, 0.2) is 34.7 Å². The van der Waals surface area contributed by atoms with Crippen LogP contribution in [0.3, 0.4) is 0 Å². The number of nitrogens with zero attached hydrogens (tertiary/aromatic N) is 2. The molecule has 1 atom stereocenters. The second-order valence-corrected chi connectivity index (χ2v) is 7.19. The van der Waals surface area contributed by atoms with Gasteiger partial charge < -0.3 is 14.3 Å². The van der Waals surface area contributed by atoms with Crippen molar-refractivity contribution in [3.8, 4) is 0 Å². The molecule has 5 heteroatoms. The van der Waals surface area contributed by atoms with Crippen LogP contribution in [0.25, 0.3) is 11.0 Å². The van der Waals surface area contributed by atoms with E-state index in [0.717, 1.165) is 47.8 Å². The summed E-state index contributed by atoms with van der Waals surface area (Å²) in [6.07, 6.45) is 4.29. The zero-order valence-corrected chi connectivity index (χ0v) is 14.3. The highest BCUT2D eigenvalue weighted by Gasteiger charge is 2.35. The standard InChI is InChI=1S/C20H21N3O2/c1-12-14(11-18(25-12)13-8-9-13)20(24)23-10-4-7-17(23)19-21-15-5-2-3-6-16(15)22-19/h2-3,5-6,11,13,17H,4,7-10H2,1H3,(H,21,22)/t17-/m0/s1. The van der Waals surface area contributed by atoms with Gasteiger partial charge in [0.25, 0.3) is 5.91 Å². The molecule has 2 aromatic heterocycles. The lowest BCUT2D eigenvalue weighted by Crippen LogP contribution is -2.31. The Morgan fingerprint density at radius 2 is 2.12 bits per heavy atom. The van der Waals surface area contributed by atoms with E-state index in [9.17, 15) is 4.79 Å². The maximum atomic E-state index is 13.1. The van der Waals surface area contributed by atoms with Crippen molar-refractivity contribution in [2.45, 2.75) is 44.6 Å². The van der Waals surface area contributed by atoms with E-state index in [1.165, 1.54) is 12.8 Å². The first-order valence-electron chi connectivity index (χ1n) is 9.06. The highest BCUT2D eigenvalue weighted by atomic mass is 16.3. The summed E-state index contributed by atoms with van der Waals surface area (Å²) in [5, 5.41) is 0. The number of para-hydroxylation sites is 2. The second kappa shape index (κ2) is 5.48. The normalized spacial score (nSPS) is 20.5. The Balaban J connectivity index is 1.46. The predicted molar refractivity (Wildman–Crippen MR) is 94.5 cm³/mol. The third kappa shape index (κ3) is 2.46. The number of rotatable bonds is 3. The van der Waals surface area contributed by atoms with Gasteiger partial charge in [0.15, 0.2) is 0 Å². The number of hydrogen-bond donors (Lipinski definition) is 1. The average Bonchev–Trinajstić information content (AvgIpc) is 3.06. The van der Waals surface area contributed by atoms with Gasteiger partial charge in [0, 0.05) is 12.5 Å². The van der Waals surface area contributed by atoms with Crippen molar-refractivity contribution < 1.29 is 9.21 Å². The van der Waals surface area contributed by atoms with E-state index in [1.54, 1.807) is 0 Å². The van der Waals surface area contributed by atoms with Crippen LogP contribution in [0.2, 0.25) is 0 Å². The highest BCUT2D eigenvalue weighted by molar-refractivity contribution is 5.95. The van der Waals surface area contributed by atoms with Crippen molar-refractivity contribution in [2.24, 2.45) is 0 Å². The highest BCUT2D eigenvalue weighted by Crippen LogP contribution is 2.42. The molecule has 3 aromatic rings. The van der Waals surface area contributed by atoms with Gasteiger partial charge in [0.05, 0.1) is 22.6 Å². The maximum Gasteiger partial charge on any atom is 0.258 e. The van der Waals surface area contributed by atoms with Gasteiger partial charge in [-0.05, 0) is 50.8 Å². The van der Waals surface area contributed by atoms with E-state index in [1.807, 2.05) is 42.2 Å². The summed E-state index contributed by atoms with van der Waals surface area (Å²) in [6, 6.07) is 9.98. The lowest BCUT2D eigenvalue weighted by Gasteiger charge is -2.22. The van der Waals surface area contributed by atoms with Crippen LogP contribution in [0.1, 0.15) is 65.3 Å². The largest absolute Gasteiger partial charge is 0.465 e. The van der Waals surface area contributed by atoms with E-state index in [2.05, 4.69) is 4.98 Å². The van der Waals surface area contributed by atoms with Crippen LogP contribution in [0, 0.1) is 6.92 Å². The number of amides is 1. The second-order valence-electron chi connectivity index (χ2n) is 7.19. The van der Waals surface area contributed by atoms with E-state index < -0.39 is 0 Å². The molecule has 0 spiro atoms. The van der Waals surface area contributed by atoms with Crippen molar-refractivity contribution in [3.63, 3.8) is 0 Å². The number of carbonyl (C=O) groups excluding carboxylic acids is 1. The molecular formula is C20H21N3O2. The minimum absolute atomic E-state index is 0.0126. The topological polar surface area (TPSA) is 62.1 Å². The number of aryl methyl sites for hydroxylation is 1. The van der Waals surface area contributed by atoms with Crippen molar-refractivity contribution in [3.05, 3.63) is 53.2 Å². The third-order valence-electron chi connectivity index (χ3n) is 5.38. The maximum absolute atomic E-state index is 13.1. The van der Waals surface area contributed by atoms with E-state index in [0.29, 0.717) is 11.5 Å². The zero-order chi connectivity index (χ0) is 17.0. The Morgan fingerprint density at radius 3 is 2.92 bits per heavy atom. The molecule has 128 valence electrons. The molecule has 1 aromatic carbocycles. The molecule has 1 amide bonds. The summed E-state index contributed by atoms with van der Waals surface area (Å²) < 4.78 is 5.84. The predicted octanol–water partition coefficient (Wildman–Crippen LogP) is 4.32. The SMILES string of the molecule is Cc1oc(C2CC2)cc1C(=O)N1CCC[C@H]1c1nc2ccccc2[nH]1. The number of carbonyl (C=O) groups is 1. The fraction of sp³-hybridized carbons (Fsp3) is 0.400. The summed E-state index contributed by atoms with van der Waals surface area (Å²) in [4.78, 5) is 23.2. The van der Waals surface area contributed by atoms with Gasteiger partial charge in [0.2, 0.25) is 0 Å². The molecule has 3 heterocycles. The molecule has 0 unspecified atom stereocenters. The molecule has 0 bridgehead atoms.